The Morgan fingerprint density at radius 1 is 1.35 bits per heavy atom. The van der Waals surface area contributed by atoms with Gasteiger partial charge >= 0.3 is 0 Å². The second kappa shape index (κ2) is 5.57. The standard InChI is InChI=1S/C17H22O3/c1-6-17(5)9-14(10-18)19-16(20-17)15-12(3)7-11(2)8-13(15)4/h1,7-8,14,16,18H,9-10H2,2-5H3/t14-,16+,17+/m0/s1. The van der Waals surface area contributed by atoms with Gasteiger partial charge < -0.3 is 14.6 Å². The van der Waals surface area contributed by atoms with E-state index >= 15 is 0 Å². The highest BCUT2D eigenvalue weighted by molar-refractivity contribution is 5.38. The van der Waals surface area contributed by atoms with Crippen molar-refractivity contribution in [1.29, 1.82) is 0 Å². The van der Waals surface area contributed by atoms with Crippen LogP contribution in [0.4, 0.5) is 0 Å². The van der Waals surface area contributed by atoms with Gasteiger partial charge in [0.15, 0.2) is 6.29 Å². The van der Waals surface area contributed by atoms with Crippen molar-refractivity contribution >= 4 is 0 Å². The van der Waals surface area contributed by atoms with E-state index in [9.17, 15) is 5.11 Å². The smallest absolute Gasteiger partial charge is 0.186 e. The number of aliphatic hydroxyl groups is 1. The van der Waals surface area contributed by atoms with Crippen LogP contribution in [0.3, 0.4) is 0 Å². The van der Waals surface area contributed by atoms with Gasteiger partial charge in [-0.05, 0) is 38.8 Å². The van der Waals surface area contributed by atoms with Crippen LogP contribution < -0.4 is 0 Å². The van der Waals surface area contributed by atoms with E-state index in [4.69, 9.17) is 15.9 Å². The molecule has 108 valence electrons. The fraction of sp³-hybridized carbons (Fsp3) is 0.529. The maximum atomic E-state index is 9.42. The van der Waals surface area contributed by atoms with Crippen molar-refractivity contribution in [2.75, 3.05) is 6.61 Å². The number of benzene rings is 1. The topological polar surface area (TPSA) is 38.7 Å². The third-order valence-corrected chi connectivity index (χ3v) is 3.78. The van der Waals surface area contributed by atoms with Crippen molar-refractivity contribution in [3.8, 4) is 12.3 Å². The minimum atomic E-state index is -0.708. The number of hydrogen-bond donors (Lipinski definition) is 1. The first-order valence-electron chi connectivity index (χ1n) is 6.88. The van der Waals surface area contributed by atoms with Gasteiger partial charge in [-0.15, -0.1) is 6.42 Å². The number of rotatable bonds is 2. The molecule has 1 aliphatic heterocycles. The van der Waals surface area contributed by atoms with Crippen molar-refractivity contribution in [3.63, 3.8) is 0 Å². The second-order valence-electron chi connectivity index (χ2n) is 5.78. The first kappa shape index (κ1) is 15.1. The minimum absolute atomic E-state index is 0.0545. The van der Waals surface area contributed by atoms with Gasteiger partial charge in [0, 0.05) is 12.0 Å². The molecule has 1 aliphatic rings. The van der Waals surface area contributed by atoms with Crippen LogP contribution >= 0.6 is 0 Å². The molecule has 3 nitrogen and oxygen atoms in total. The first-order chi connectivity index (χ1) is 9.38. The number of aliphatic hydroxyl groups excluding tert-OH is 1. The zero-order chi connectivity index (χ0) is 14.9. The summed E-state index contributed by atoms with van der Waals surface area (Å²) < 4.78 is 11.8. The molecule has 0 bridgehead atoms. The Morgan fingerprint density at radius 2 is 1.95 bits per heavy atom. The maximum absolute atomic E-state index is 9.42. The predicted octanol–water partition coefficient (Wildman–Crippen LogP) is 2.80. The van der Waals surface area contributed by atoms with Crippen LogP contribution in [0.25, 0.3) is 0 Å². The van der Waals surface area contributed by atoms with Crippen molar-refractivity contribution < 1.29 is 14.6 Å². The Morgan fingerprint density at radius 3 is 2.45 bits per heavy atom. The third-order valence-electron chi connectivity index (χ3n) is 3.78. The zero-order valence-electron chi connectivity index (χ0n) is 12.6. The van der Waals surface area contributed by atoms with Crippen LogP contribution in [0.2, 0.25) is 0 Å². The number of terminal acetylenes is 1. The summed E-state index contributed by atoms with van der Waals surface area (Å²) in [5.41, 5.74) is 3.74. The Labute approximate surface area is 120 Å². The molecule has 0 radical (unpaired) electrons. The van der Waals surface area contributed by atoms with Gasteiger partial charge in [0.25, 0.3) is 0 Å². The first-order valence-corrected chi connectivity index (χ1v) is 6.88. The van der Waals surface area contributed by atoms with Gasteiger partial charge in [-0.2, -0.15) is 0 Å². The van der Waals surface area contributed by atoms with Crippen LogP contribution in [-0.2, 0) is 9.47 Å². The summed E-state index contributed by atoms with van der Waals surface area (Å²) in [6, 6.07) is 4.20. The average Bonchev–Trinajstić information content (AvgIpc) is 2.37. The summed E-state index contributed by atoms with van der Waals surface area (Å²) in [6.07, 6.45) is 5.26. The van der Waals surface area contributed by atoms with Crippen LogP contribution in [0.1, 0.15) is 41.9 Å². The van der Waals surface area contributed by atoms with Gasteiger partial charge in [0.05, 0.1) is 12.7 Å². The lowest BCUT2D eigenvalue weighted by molar-refractivity contribution is -0.271. The number of aryl methyl sites for hydroxylation is 3. The van der Waals surface area contributed by atoms with E-state index < -0.39 is 11.9 Å². The largest absolute Gasteiger partial charge is 0.394 e. The van der Waals surface area contributed by atoms with E-state index in [0.717, 1.165) is 16.7 Å². The van der Waals surface area contributed by atoms with Crippen molar-refractivity contribution in [1.82, 2.24) is 0 Å². The molecule has 0 saturated carbocycles. The number of ether oxygens (including phenoxy) is 2. The molecule has 1 aromatic rings. The molecule has 20 heavy (non-hydrogen) atoms. The molecule has 0 amide bonds. The molecule has 0 unspecified atom stereocenters. The molecule has 2 rings (SSSR count). The highest BCUT2D eigenvalue weighted by atomic mass is 16.7. The van der Waals surface area contributed by atoms with Crippen LogP contribution in [0.5, 0.6) is 0 Å². The normalized spacial score (nSPS) is 30.0. The molecule has 3 atom stereocenters. The zero-order valence-corrected chi connectivity index (χ0v) is 12.6. The lowest BCUT2D eigenvalue weighted by atomic mass is 9.94. The molecule has 3 heteroatoms. The minimum Gasteiger partial charge on any atom is -0.394 e. The lowest BCUT2D eigenvalue weighted by Crippen LogP contribution is -2.43. The third kappa shape index (κ3) is 2.88. The average molecular weight is 274 g/mol. The second-order valence-corrected chi connectivity index (χ2v) is 5.78. The molecular weight excluding hydrogens is 252 g/mol. The highest BCUT2D eigenvalue weighted by Crippen LogP contribution is 2.38. The summed E-state index contributed by atoms with van der Waals surface area (Å²) in [5.74, 6) is 2.68. The molecule has 1 fully saturated rings. The van der Waals surface area contributed by atoms with Gasteiger partial charge in [0.1, 0.15) is 5.60 Å². The summed E-state index contributed by atoms with van der Waals surface area (Å²) in [7, 11) is 0. The predicted molar refractivity (Wildman–Crippen MR) is 78.3 cm³/mol. The Balaban J connectivity index is 2.39. The fourth-order valence-electron chi connectivity index (χ4n) is 2.86. The van der Waals surface area contributed by atoms with Crippen LogP contribution in [-0.4, -0.2) is 23.4 Å². The van der Waals surface area contributed by atoms with E-state index in [-0.39, 0.29) is 12.7 Å². The summed E-state index contributed by atoms with van der Waals surface area (Å²) in [4.78, 5) is 0. The van der Waals surface area contributed by atoms with E-state index in [1.807, 2.05) is 20.8 Å². The monoisotopic (exact) mass is 274 g/mol. The van der Waals surface area contributed by atoms with Crippen molar-refractivity contribution in [2.24, 2.45) is 0 Å². The molecule has 0 aliphatic carbocycles. The molecule has 1 saturated heterocycles. The fourth-order valence-corrected chi connectivity index (χ4v) is 2.86. The van der Waals surface area contributed by atoms with Crippen LogP contribution in [0.15, 0.2) is 12.1 Å². The Hall–Kier alpha value is -1.34. The Bertz CT molecular complexity index is 521. The molecular formula is C17H22O3. The van der Waals surface area contributed by atoms with Gasteiger partial charge in [-0.1, -0.05) is 23.6 Å². The SMILES string of the molecule is C#C[C@]1(C)C[C@@H](CO)O[C@@H](c2c(C)cc(C)cc2C)O1. The molecule has 1 heterocycles. The van der Waals surface area contributed by atoms with E-state index in [1.54, 1.807) is 0 Å². The maximum Gasteiger partial charge on any atom is 0.186 e. The highest BCUT2D eigenvalue weighted by Gasteiger charge is 2.39. The van der Waals surface area contributed by atoms with Crippen molar-refractivity contribution in [2.45, 2.75) is 52.1 Å². The van der Waals surface area contributed by atoms with E-state index in [0.29, 0.717) is 6.42 Å². The van der Waals surface area contributed by atoms with E-state index in [2.05, 4.69) is 25.0 Å². The van der Waals surface area contributed by atoms with Gasteiger partial charge in [-0.3, -0.25) is 0 Å². The lowest BCUT2D eigenvalue weighted by Gasteiger charge is -2.40. The number of hydrogen-bond acceptors (Lipinski definition) is 3. The van der Waals surface area contributed by atoms with E-state index in [1.165, 1.54) is 5.56 Å². The molecule has 1 N–H and O–H groups in total. The van der Waals surface area contributed by atoms with Crippen molar-refractivity contribution in [3.05, 3.63) is 34.4 Å². The quantitative estimate of drug-likeness (QED) is 0.843. The summed E-state index contributed by atoms with van der Waals surface area (Å²) in [5, 5.41) is 9.42. The summed E-state index contributed by atoms with van der Waals surface area (Å²) >= 11 is 0. The molecule has 1 aromatic carbocycles. The molecule has 0 spiro atoms. The van der Waals surface area contributed by atoms with Crippen LogP contribution in [0, 0.1) is 33.1 Å². The summed E-state index contributed by atoms with van der Waals surface area (Å²) in [6.45, 7) is 7.95. The van der Waals surface area contributed by atoms with Gasteiger partial charge in [0.2, 0.25) is 0 Å². The van der Waals surface area contributed by atoms with Gasteiger partial charge in [-0.25, -0.2) is 0 Å². The molecule has 0 aromatic heterocycles. The Kier molecular flexibility index (Phi) is 4.19.